The lowest BCUT2D eigenvalue weighted by Crippen LogP contribution is -2.31. The van der Waals surface area contributed by atoms with E-state index in [1.54, 1.807) is 11.6 Å². The molecule has 6 nitrogen and oxygen atoms in total. The van der Waals surface area contributed by atoms with Crippen LogP contribution < -0.4 is 4.72 Å². The standard InChI is InChI=1S/C12H20N2O4S/c1-9-10(3-4-18-9)6-13-19(16,17)12-5-11(8-15)14(2)7-12/h5,7,9-10,13,15H,3-4,6,8H2,1-2H3. The summed E-state index contributed by atoms with van der Waals surface area (Å²) in [7, 11) is -1.81. The van der Waals surface area contributed by atoms with Gasteiger partial charge in [0.2, 0.25) is 10.0 Å². The van der Waals surface area contributed by atoms with E-state index in [2.05, 4.69) is 4.72 Å². The monoisotopic (exact) mass is 288 g/mol. The minimum atomic E-state index is -3.52. The molecule has 2 heterocycles. The number of nitrogens with one attached hydrogen (secondary N) is 1. The molecule has 2 atom stereocenters. The number of ether oxygens (including phenoxy) is 1. The van der Waals surface area contributed by atoms with Gasteiger partial charge in [-0.25, -0.2) is 13.1 Å². The van der Waals surface area contributed by atoms with Gasteiger partial charge in [0.15, 0.2) is 0 Å². The van der Waals surface area contributed by atoms with Gasteiger partial charge in [-0.05, 0) is 19.4 Å². The van der Waals surface area contributed by atoms with Crippen LogP contribution in [0.15, 0.2) is 17.2 Å². The number of sulfonamides is 1. The Labute approximate surface area is 113 Å². The molecule has 1 saturated heterocycles. The Morgan fingerprint density at radius 2 is 2.32 bits per heavy atom. The fraction of sp³-hybridized carbons (Fsp3) is 0.667. The summed E-state index contributed by atoms with van der Waals surface area (Å²) in [6.07, 6.45) is 2.47. The minimum Gasteiger partial charge on any atom is -0.390 e. The molecule has 19 heavy (non-hydrogen) atoms. The van der Waals surface area contributed by atoms with Crippen LogP contribution in [-0.4, -0.2) is 37.3 Å². The van der Waals surface area contributed by atoms with Crippen LogP contribution in [0.25, 0.3) is 0 Å². The summed E-state index contributed by atoms with van der Waals surface area (Å²) >= 11 is 0. The first-order valence-corrected chi connectivity index (χ1v) is 7.79. The van der Waals surface area contributed by atoms with Crippen molar-refractivity contribution in [3.05, 3.63) is 18.0 Å². The van der Waals surface area contributed by atoms with E-state index in [4.69, 9.17) is 9.84 Å². The maximum Gasteiger partial charge on any atom is 0.242 e. The number of aliphatic hydroxyl groups excluding tert-OH is 1. The first-order valence-electron chi connectivity index (χ1n) is 6.31. The molecule has 0 amide bonds. The second kappa shape index (κ2) is 5.62. The second-order valence-electron chi connectivity index (χ2n) is 4.91. The zero-order valence-corrected chi connectivity index (χ0v) is 12.0. The molecule has 0 aliphatic carbocycles. The maximum absolute atomic E-state index is 12.1. The van der Waals surface area contributed by atoms with E-state index in [1.807, 2.05) is 6.92 Å². The van der Waals surface area contributed by atoms with Crippen LogP contribution in [0.2, 0.25) is 0 Å². The van der Waals surface area contributed by atoms with Crippen molar-refractivity contribution in [2.45, 2.75) is 31.0 Å². The normalized spacial score (nSPS) is 23.9. The minimum absolute atomic E-state index is 0.0893. The Morgan fingerprint density at radius 3 is 2.84 bits per heavy atom. The average molecular weight is 288 g/mol. The van der Waals surface area contributed by atoms with Gasteiger partial charge in [-0.3, -0.25) is 0 Å². The van der Waals surface area contributed by atoms with Crippen molar-refractivity contribution in [1.82, 2.24) is 9.29 Å². The van der Waals surface area contributed by atoms with Crippen molar-refractivity contribution in [3.63, 3.8) is 0 Å². The van der Waals surface area contributed by atoms with Gasteiger partial charge in [0.05, 0.1) is 17.6 Å². The molecule has 0 spiro atoms. The van der Waals surface area contributed by atoms with Gasteiger partial charge < -0.3 is 14.4 Å². The smallest absolute Gasteiger partial charge is 0.242 e. The molecule has 1 aromatic rings. The number of aromatic nitrogens is 1. The highest BCUT2D eigenvalue weighted by atomic mass is 32.2. The van der Waals surface area contributed by atoms with E-state index in [9.17, 15) is 8.42 Å². The lowest BCUT2D eigenvalue weighted by molar-refractivity contribution is 0.107. The molecule has 108 valence electrons. The summed E-state index contributed by atoms with van der Waals surface area (Å²) in [5.74, 6) is 0.218. The quantitative estimate of drug-likeness (QED) is 0.812. The molecule has 2 N–H and O–H groups in total. The number of rotatable bonds is 5. The van der Waals surface area contributed by atoms with Crippen LogP contribution >= 0.6 is 0 Å². The molecule has 1 aliphatic heterocycles. The highest BCUT2D eigenvalue weighted by Crippen LogP contribution is 2.20. The molecule has 0 bridgehead atoms. The van der Waals surface area contributed by atoms with Crippen molar-refractivity contribution >= 4 is 10.0 Å². The van der Waals surface area contributed by atoms with Crippen LogP contribution in [0.4, 0.5) is 0 Å². The van der Waals surface area contributed by atoms with Crippen LogP contribution in [0.3, 0.4) is 0 Å². The largest absolute Gasteiger partial charge is 0.390 e. The van der Waals surface area contributed by atoms with Crippen LogP contribution in [0.1, 0.15) is 19.0 Å². The predicted molar refractivity (Wildman–Crippen MR) is 70.0 cm³/mol. The van der Waals surface area contributed by atoms with E-state index in [0.717, 1.165) is 6.42 Å². The van der Waals surface area contributed by atoms with Gasteiger partial charge in [0.25, 0.3) is 0 Å². The summed E-state index contributed by atoms with van der Waals surface area (Å²) in [5.41, 5.74) is 0.568. The van der Waals surface area contributed by atoms with Gasteiger partial charge in [0.1, 0.15) is 0 Å². The fourth-order valence-electron chi connectivity index (χ4n) is 2.23. The molecule has 0 saturated carbocycles. The Balaban J connectivity index is 2.05. The zero-order valence-electron chi connectivity index (χ0n) is 11.2. The van der Waals surface area contributed by atoms with Gasteiger partial charge in [0, 0.05) is 38.0 Å². The van der Waals surface area contributed by atoms with Gasteiger partial charge in [-0.15, -0.1) is 0 Å². The molecule has 0 aromatic carbocycles. The van der Waals surface area contributed by atoms with E-state index in [1.165, 1.54) is 12.3 Å². The van der Waals surface area contributed by atoms with Crippen molar-refractivity contribution in [1.29, 1.82) is 0 Å². The topological polar surface area (TPSA) is 80.6 Å². The third-order valence-corrected chi connectivity index (χ3v) is 5.01. The molecular formula is C12H20N2O4S. The van der Waals surface area contributed by atoms with Crippen molar-refractivity contribution in [2.75, 3.05) is 13.2 Å². The Bertz CT molecular complexity index is 538. The first-order chi connectivity index (χ1) is 8.94. The van der Waals surface area contributed by atoms with Gasteiger partial charge >= 0.3 is 0 Å². The molecule has 0 radical (unpaired) electrons. The highest BCUT2D eigenvalue weighted by Gasteiger charge is 2.26. The Kier molecular flexibility index (Phi) is 4.29. The number of aliphatic hydroxyl groups is 1. The second-order valence-corrected chi connectivity index (χ2v) is 6.68. The lowest BCUT2D eigenvalue weighted by Gasteiger charge is -2.14. The molecule has 2 rings (SSSR count). The molecule has 1 fully saturated rings. The summed E-state index contributed by atoms with van der Waals surface area (Å²) in [6.45, 7) is 2.85. The molecule has 1 aliphatic rings. The predicted octanol–water partition coefficient (Wildman–Crippen LogP) is 0.221. The summed E-state index contributed by atoms with van der Waals surface area (Å²) < 4.78 is 33.9. The van der Waals surface area contributed by atoms with Gasteiger partial charge in [-0.2, -0.15) is 0 Å². The lowest BCUT2D eigenvalue weighted by atomic mass is 10.0. The zero-order chi connectivity index (χ0) is 14.0. The van der Waals surface area contributed by atoms with Crippen molar-refractivity contribution in [2.24, 2.45) is 13.0 Å². The third-order valence-electron chi connectivity index (χ3n) is 3.62. The van der Waals surface area contributed by atoms with Crippen molar-refractivity contribution < 1.29 is 18.3 Å². The Morgan fingerprint density at radius 1 is 1.58 bits per heavy atom. The van der Waals surface area contributed by atoms with Gasteiger partial charge in [-0.1, -0.05) is 0 Å². The molecular weight excluding hydrogens is 268 g/mol. The molecule has 7 heteroatoms. The fourth-order valence-corrected chi connectivity index (χ4v) is 3.41. The summed E-state index contributed by atoms with van der Waals surface area (Å²) in [5, 5.41) is 9.08. The van der Waals surface area contributed by atoms with E-state index in [-0.39, 0.29) is 23.5 Å². The number of nitrogens with zero attached hydrogens (tertiary/aromatic N) is 1. The number of hydrogen-bond acceptors (Lipinski definition) is 4. The van der Waals surface area contributed by atoms with Crippen molar-refractivity contribution in [3.8, 4) is 0 Å². The molecule has 1 aromatic heterocycles. The van der Waals surface area contributed by atoms with Crippen LogP contribution in [0, 0.1) is 5.92 Å². The Hall–Kier alpha value is -0.890. The number of aryl methyl sites for hydroxylation is 1. The summed E-state index contributed by atoms with van der Waals surface area (Å²) in [4.78, 5) is 0.186. The summed E-state index contributed by atoms with van der Waals surface area (Å²) in [6, 6.07) is 1.48. The van der Waals surface area contributed by atoms with Crippen LogP contribution in [0.5, 0.6) is 0 Å². The SMILES string of the molecule is CC1OCCC1CNS(=O)(=O)c1cc(CO)n(C)c1. The van der Waals surface area contributed by atoms with E-state index < -0.39 is 10.0 Å². The highest BCUT2D eigenvalue weighted by molar-refractivity contribution is 7.89. The third kappa shape index (κ3) is 3.17. The average Bonchev–Trinajstić information content (AvgIpc) is 2.93. The number of hydrogen-bond donors (Lipinski definition) is 2. The van der Waals surface area contributed by atoms with E-state index in [0.29, 0.717) is 18.8 Å². The maximum atomic E-state index is 12.1. The molecule has 2 unspecified atom stereocenters. The first kappa shape index (κ1) is 14.5. The van der Waals surface area contributed by atoms with Crippen LogP contribution in [-0.2, 0) is 28.4 Å². The van der Waals surface area contributed by atoms with E-state index >= 15 is 0 Å².